The van der Waals surface area contributed by atoms with Crippen molar-refractivity contribution in [1.82, 2.24) is 161 Å². The van der Waals surface area contributed by atoms with E-state index in [1.807, 2.05) is 104 Å². The summed E-state index contributed by atoms with van der Waals surface area (Å²) < 4.78 is 17.8. The van der Waals surface area contributed by atoms with Gasteiger partial charge in [0, 0.05) is 57.1 Å². The highest BCUT2D eigenvalue weighted by Gasteiger charge is 2.19. The summed E-state index contributed by atoms with van der Waals surface area (Å²) in [5, 5.41) is 75.0. The van der Waals surface area contributed by atoms with E-state index in [2.05, 4.69) is 135 Å². The Kier molecular flexibility index (Phi) is 27.3. The van der Waals surface area contributed by atoms with Crippen LogP contribution in [0.4, 0.5) is 10.6 Å². The van der Waals surface area contributed by atoms with Gasteiger partial charge in [-0.25, -0.2) is 42.9 Å². The van der Waals surface area contributed by atoms with Gasteiger partial charge in [0.05, 0.1) is 47.7 Å². The van der Waals surface area contributed by atoms with Crippen LogP contribution in [0.5, 0.6) is 0 Å². The maximum Gasteiger partial charge on any atom is 0.376 e. The van der Waals surface area contributed by atoms with Gasteiger partial charge in [0.15, 0.2) is 5.16 Å². The Morgan fingerprint density at radius 1 is 0.463 bits per heavy atom. The number of thioether (sulfide) groups is 2. The van der Waals surface area contributed by atoms with Gasteiger partial charge in [-0.3, -0.25) is 0 Å². The number of rotatable bonds is 30. The molecular weight excluding hydrogens is 1200 g/mol. The van der Waals surface area contributed by atoms with E-state index in [1.54, 1.807) is 59.7 Å². The number of hydrogen-bond acceptors (Lipinski definition) is 36. The number of nitrogen functional groups attached to an aromatic ring is 1. The second-order valence-corrected chi connectivity index (χ2v) is 25.9. The fourth-order valence-corrected chi connectivity index (χ4v) is 11.9. The minimum atomic E-state index is -0.481. The SMILES string of the molecule is CN(C)CCn1nnnc1SCOC(=O)Sc1nnnn1CCN(C)C.CN(C)CCn1nnnc1Sc1cc(N)nc(Sc2nnnn2CCN(C)C)n1.CN(C)CCn1nnnc1Sc1ccc(Sc2nnnn2CCN(C)C)s1. The number of thiophene rings is 1. The molecule has 0 unspecified atom stereocenters. The molecule has 82 heavy (non-hydrogen) atoms. The third-order valence-electron chi connectivity index (χ3n) is 10.1. The minimum absolute atomic E-state index is 0.105. The third kappa shape index (κ3) is 23.2. The van der Waals surface area contributed by atoms with E-state index in [0.29, 0.717) is 62.8 Å². The Bertz CT molecular complexity index is 2960. The zero-order valence-corrected chi connectivity index (χ0v) is 53.2. The van der Waals surface area contributed by atoms with Crippen molar-refractivity contribution in [2.24, 2.45) is 0 Å². The summed E-state index contributed by atoms with van der Waals surface area (Å²) >= 11 is 9.52. The smallest absolute Gasteiger partial charge is 0.376 e. The van der Waals surface area contributed by atoms with Crippen molar-refractivity contribution in [3.05, 3.63) is 18.2 Å². The second-order valence-electron chi connectivity index (χ2n) is 18.6. The molecular formula is C40H67N33O2S7. The molecule has 2 N–H and O–H groups in total. The van der Waals surface area contributed by atoms with E-state index < -0.39 is 5.30 Å². The van der Waals surface area contributed by atoms with E-state index in [0.717, 1.165) is 82.9 Å². The molecule has 35 nitrogen and oxygen atoms in total. The molecule has 0 saturated carbocycles. The van der Waals surface area contributed by atoms with E-state index in [1.165, 1.54) is 35.3 Å². The normalized spacial score (nSPS) is 11.6. The van der Waals surface area contributed by atoms with Crippen LogP contribution >= 0.6 is 81.9 Å². The van der Waals surface area contributed by atoms with Gasteiger partial charge in [-0.05, 0) is 218 Å². The van der Waals surface area contributed by atoms with Crippen LogP contribution in [-0.2, 0) is 44.0 Å². The lowest BCUT2D eigenvalue weighted by molar-refractivity contribution is 0.195. The number of hydrogen-bond donors (Lipinski definition) is 1. The van der Waals surface area contributed by atoms with Crippen LogP contribution in [0.2, 0.25) is 0 Å². The van der Waals surface area contributed by atoms with Crippen LogP contribution in [0, 0.1) is 0 Å². The molecule has 446 valence electrons. The fourth-order valence-electron chi connectivity index (χ4n) is 5.78. The van der Waals surface area contributed by atoms with Crippen LogP contribution in [0.15, 0.2) is 67.7 Å². The lowest BCUT2D eigenvalue weighted by Gasteiger charge is -2.10. The van der Waals surface area contributed by atoms with Crippen molar-refractivity contribution >= 4 is 93.0 Å². The number of ether oxygens (including phenoxy) is 1. The predicted octanol–water partition coefficient (Wildman–Crippen LogP) is 0.365. The summed E-state index contributed by atoms with van der Waals surface area (Å²) in [7, 11) is 24.0. The van der Waals surface area contributed by atoms with Crippen LogP contribution in [-0.4, -0.2) is 296 Å². The number of anilines is 1. The van der Waals surface area contributed by atoms with Gasteiger partial charge in [0.1, 0.15) is 16.8 Å². The molecule has 0 fully saturated rings. The molecule has 8 heterocycles. The summed E-state index contributed by atoms with van der Waals surface area (Å²) in [4.78, 5) is 33.2. The molecule has 0 aliphatic rings. The first-order valence-corrected chi connectivity index (χ1v) is 30.6. The van der Waals surface area contributed by atoms with E-state index in [-0.39, 0.29) is 5.94 Å². The molecule has 0 aliphatic carbocycles. The van der Waals surface area contributed by atoms with Crippen LogP contribution in [0.25, 0.3) is 0 Å². The molecule has 0 spiro atoms. The van der Waals surface area contributed by atoms with E-state index in [4.69, 9.17) is 10.5 Å². The number of aromatic nitrogens is 26. The number of nitrogens with zero attached hydrogens (tertiary/aromatic N) is 32. The van der Waals surface area contributed by atoms with E-state index >= 15 is 0 Å². The van der Waals surface area contributed by atoms with Gasteiger partial charge < -0.3 is 39.9 Å². The van der Waals surface area contributed by atoms with Crippen molar-refractivity contribution < 1.29 is 9.53 Å². The molecule has 8 aromatic heterocycles. The Morgan fingerprint density at radius 2 is 0.793 bits per heavy atom. The van der Waals surface area contributed by atoms with Gasteiger partial charge in [0.2, 0.25) is 30.9 Å². The quantitative estimate of drug-likeness (QED) is 0.0209. The maximum atomic E-state index is 12.0. The van der Waals surface area contributed by atoms with Crippen LogP contribution < -0.4 is 5.73 Å². The Morgan fingerprint density at radius 3 is 1.18 bits per heavy atom. The largest absolute Gasteiger partial charge is 0.446 e. The zero-order valence-electron chi connectivity index (χ0n) is 47.5. The van der Waals surface area contributed by atoms with E-state index in [9.17, 15) is 4.79 Å². The predicted molar refractivity (Wildman–Crippen MR) is 309 cm³/mol. The lowest BCUT2D eigenvalue weighted by Crippen LogP contribution is -2.20. The number of tetrazole rings is 6. The average molecular weight is 1270 g/mol. The van der Waals surface area contributed by atoms with Crippen LogP contribution in [0.1, 0.15) is 0 Å². The second kappa shape index (κ2) is 34.2. The molecule has 42 heteroatoms. The van der Waals surface area contributed by atoms with Crippen molar-refractivity contribution in [2.75, 3.05) is 136 Å². The number of carbonyl (C=O) groups excluding carboxylic acids is 1. The number of nitrogens with two attached hydrogens (primary N) is 1. The summed E-state index contributed by atoms with van der Waals surface area (Å²) in [6.45, 7) is 9.08. The molecule has 8 aromatic rings. The molecule has 0 atom stereocenters. The van der Waals surface area contributed by atoms with Crippen LogP contribution in [0.3, 0.4) is 0 Å². The molecule has 0 amide bonds. The highest BCUT2D eigenvalue weighted by molar-refractivity contribution is 8.13. The van der Waals surface area contributed by atoms with Gasteiger partial charge in [-0.15, -0.1) is 41.9 Å². The molecule has 0 radical (unpaired) electrons. The maximum absolute atomic E-state index is 12.0. The zero-order chi connectivity index (χ0) is 59.0. The summed E-state index contributed by atoms with van der Waals surface area (Å²) in [6, 6.07) is 5.85. The number of likely N-dealkylation sites (N-methyl/N-ethyl adjacent to an activating group) is 6. The third-order valence-corrected chi connectivity index (χ3v) is 16.7. The summed E-state index contributed by atoms with van der Waals surface area (Å²) in [6.07, 6.45) is 0. The van der Waals surface area contributed by atoms with Gasteiger partial charge >= 0.3 is 5.30 Å². The van der Waals surface area contributed by atoms with Crippen molar-refractivity contribution in [2.45, 2.75) is 88.8 Å². The number of carbonyl (C=O) groups is 1. The molecule has 0 aromatic carbocycles. The highest BCUT2D eigenvalue weighted by Crippen LogP contribution is 2.38. The Hall–Kier alpha value is -5.67. The molecule has 0 aliphatic heterocycles. The first-order valence-electron chi connectivity index (χ1n) is 24.8. The van der Waals surface area contributed by atoms with Crippen molar-refractivity contribution in [3.63, 3.8) is 0 Å². The molecule has 8 rings (SSSR count). The van der Waals surface area contributed by atoms with Gasteiger partial charge in [-0.2, -0.15) is 0 Å². The summed E-state index contributed by atoms with van der Waals surface area (Å²) in [5.74, 6) is 0.456. The minimum Gasteiger partial charge on any atom is -0.446 e. The summed E-state index contributed by atoms with van der Waals surface area (Å²) in [5.41, 5.74) is 5.98. The first-order chi connectivity index (χ1) is 39.4. The first kappa shape index (κ1) is 65.5. The van der Waals surface area contributed by atoms with Crippen molar-refractivity contribution in [1.29, 1.82) is 0 Å². The monoisotopic (exact) mass is 1270 g/mol. The topological polar surface area (TPSA) is 359 Å². The average Bonchev–Trinajstić information content (AvgIpc) is 4.30. The standard InChI is InChI=1S/C14H23N13S2.C14H22N10S3.C12H22N10O2S2/c1-24(2)5-7-26-13(18-20-22-26)28-11-9-10(15)16-12(17-11)29-14-19-21-23-27(14)8-6-25(3)4;1-21(2)7-9-23-13(15-17-19-23)26-11-5-6-12(25-11)27-14-16-18-20-24(14)10-8-22(3)4;1-19(2)5-7-21-10(13-15-17-21)25-9-24-12(23)26-11-14-16-18-22(11)8-6-20(3)4/h9H,5-8H2,1-4H3,(H2,15,16,17);5-6H,7-10H2,1-4H3;5-9H2,1-4H3. The van der Waals surface area contributed by atoms with Crippen molar-refractivity contribution in [3.8, 4) is 0 Å². The Balaban J connectivity index is 0.000000198. The molecule has 0 bridgehead atoms. The van der Waals surface area contributed by atoms with Gasteiger partial charge in [0.25, 0.3) is 0 Å². The fraction of sp³-hybridized carbons (Fsp3) is 0.625. The van der Waals surface area contributed by atoms with Gasteiger partial charge in [-0.1, -0.05) is 0 Å². The highest BCUT2D eigenvalue weighted by atomic mass is 32.2. The molecule has 0 saturated heterocycles. The Labute approximate surface area is 502 Å². The lowest BCUT2D eigenvalue weighted by atomic mass is 10.6.